The molecule has 136 valence electrons. The molecule has 2 rings (SSSR count). The highest BCUT2D eigenvalue weighted by atomic mass is 32.2. The van der Waals surface area contributed by atoms with Gasteiger partial charge in [0.1, 0.15) is 10.5 Å². The molecule has 0 atom stereocenters. The Morgan fingerprint density at radius 2 is 1.92 bits per heavy atom. The van der Waals surface area contributed by atoms with Crippen LogP contribution in [0, 0.1) is 0 Å². The number of hydrogen-bond donors (Lipinski definition) is 1. The van der Waals surface area contributed by atoms with Crippen LogP contribution in [0.3, 0.4) is 0 Å². The predicted molar refractivity (Wildman–Crippen MR) is 93.4 cm³/mol. The molecule has 0 radical (unpaired) electrons. The lowest BCUT2D eigenvalue weighted by atomic mass is 10.2. The Kier molecular flexibility index (Phi) is 5.52. The smallest absolute Gasteiger partial charge is 0.248 e. The molecule has 8 heteroatoms. The molecular weight excluding hydrogens is 344 g/mol. The van der Waals surface area contributed by atoms with E-state index in [1.165, 1.54) is 45.2 Å². The molecule has 0 fully saturated rings. The second kappa shape index (κ2) is 7.26. The van der Waals surface area contributed by atoms with Gasteiger partial charge in [0.2, 0.25) is 11.8 Å². The maximum absolute atomic E-state index is 12.8. The van der Waals surface area contributed by atoms with Crippen molar-refractivity contribution in [1.82, 2.24) is 5.16 Å². The minimum Gasteiger partial charge on any atom is -0.497 e. The molecule has 0 unspecified atom stereocenters. The number of aromatic nitrogens is 1. The summed E-state index contributed by atoms with van der Waals surface area (Å²) in [4.78, 5) is 12.6. The van der Waals surface area contributed by atoms with Crippen LogP contribution in [0.1, 0.15) is 32.9 Å². The van der Waals surface area contributed by atoms with Gasteiger partial charge in [0.15, 0.2) is 9.84 Å². The van der Waals surface area contributed by atoms with Gasteiger partial charge in [-0.3, -0.25) is 10.1 Å². The molecule has 0 aliphatic carbocycles. The first-order valence-electron chi connectivity index (χ1n) is 7.88. The van der Waals surface area contributed by atoms with Crippen molar-refractivity contribution in [2.75, 3.05) is 12.4 Å². The van der Waals surface area contributed by atoms with Crippen LogP contribution in [0.15, 0.2) is 39.8 Å². The van der Waals surface area contributed by atoms with Gasteiger partial charge in [0.05, 0.1) is 17.7 Å². The zero-order chi connectivity index (χ0) is 18.7. The van der Waals surface area contributed by atoms with Gasteiger partial charge < -0.3 is 9.26 Å². The van der Waals surface area contributed by atoms with Crippen molar-refractivity contribution in [1.29, 1.82) is 0 Å². The second-order valence-corrected chi connectivity index (χ2v) is 8.57. The predicted octanol–water partition coefficient (Wildman–Crippen LogP) is 2.83. The molecule has 1 N–H and O–H groups in total. The molecule has 0 spiro atoms. The zero-order valence-electron chi connectivity index (χ0n) is 14.7. The number of sulfone groups is 1. The highest BCUT2D eigenvalue weighted by Crippen LogP contribution is 2.28. The first-order valence-corrected chi connectivity index (χ1v) is 9.36. The Hall–Kier alpha value is -2.35. The van der Waals surface area contributed by atoms with Gasteiger partial charge in [0.25, 0.3) is 0 Å². The topological polar surface area (TPSA) is 98.5 Å². The third-order valence-electron chi connectivity index (χ3n) is 3.89. The highest BCUT2D eigenvalue weighted by molar-refractivity contribution is 7.93. The monoisotopic (exact) mass is 366 g/mol. The van der Waals surface area contributed by atoms with Gasteiger partial charge in [-0.2, -0.15) is 0 Å². The van der Waals surface area contributed by atoms with E-state index in [4.69, 9.17) is 9.26 Å². The molecule has 0 saturated carbocycles. The van der Waals surface area contributed by atoms with E-state index in [-0.39, 0.29) is 10.8 Å². The van der Waals surface area contributed by atoms with Crippen LogP contribution in [-0.2, 0) is 21.1 Å². The maximum atomic E-state index is 12.8. The number of benzene rings is 1. The average molecular weight is 366 g/mol. The normalized spacial score (nSPS) is 12.0. The lowest BCUT2D eigenvalue weighted by Gasteiger charge is -2.23. The number of anilines is 1. The zero-order valence-corrected chi connectivity index (χ0v) is 15.5. The van der Waals surface area contributed by atoms with Gasteiger partial charge in [-0.1, -0.05) is 18.5 Å². The van der Waals surface area contributed by atoms with Crippen molar-refractivity contribution in [3.05, 3.63) is 36.0 Å². The number of nitrogens with one attached hydrogen (secondary N) is 1. The number of amides is 1. The van der Waals surface area contributed by atoms with E-state index in [1.54, 1.807) is 6.07 Å². The van der Waals surface area contributed by atoms with Crippen LogP contribution in [-0.4, -0.2) is 31.3 Å². The van der Waals surface area contributed by atoms with Crippen LogP contribution in [0.5, 0.6) is 5.75 Å². The number of ether oxygens (including phenoxy) is 1. The maximum Gasteiger partial charge on any atom is 0.248 e. The first kappa shape index (κ1) is 19.0. The average Bonchev–Trinajstić information content (AvgIpc) is 3.02. The van der Waals surface area contributed by atoms with Crippen LogP contribution < -0.4 is 10.1 Å². The van der Waals surface area contributed by atoms with Gasteiger partial charge in [-0.05, 0) is 44.5 Å². The molecule has 2 aromatic rings. The highest BCUT2D eigenvalue weighted by Gasteiger charge is 2.43. The number of aryl methyl sites for hydroxylation is 1. The van der Waals surface area contributed by atoms with E-state index < -0.39 is 20.5 Å². The standard InChI is InChI=1S/C17H22N2O5S/c1-5-6-12-11-15(24-19-12)18-16(20)17(2,3)25(21,22)14-9-7-13(23-4)8-10-14/h7-11H,5-6H2,1-4H3,(H,18,20). The molecule has 1 amide bonds. The molecule has 0 aliphatic rings. The molecule has 0 bridgehead atoms. The number of carbonyl (C=O) groups excluding carboxylic acids is 1. The summed E-state index contributed by atoms with van der Waals surface area (Å²) >= 11 is 0. The molecule has 7 nitrogen and oxygen atoms in total. The van der Waals surface area contributed by atoms with Gasteiger partial charge in [-0.25, -0.2) is 8.42 Å². The molecule has 0 aliphatic heterocycles. The van der Waals surface area contributed by atoms with Crippen molar-refractivity contribution in [2.24, 2.45) is 0 Å². The number of carbonyl (C=O) groups is 1. The largest absolute Gasteiger partial charge is 0.497 e. The number of methoxy groups -OCH3 is 1. The second-order valence-electron chi connectivity index (χ2n) is 6.08. The van der Waals surface area contributed by atoms with Crippen LogP contribution in [0.2, 0.25) is 0 Å². The third-order valence-corrected chi connectivity index (χ3v) is 6.31. The van der Waals surface area contributed by atoms with E-state index in [2.05, 4.69) is 10.5 Å². The first-order chi connectivity index (χ1) is 11.7. The van der Waals surface area contributed by atoms with E-state index >= 15 is 0 Å². The minimum atomic E-state index is -3.92. The van der Waals surface area contributed by atoms with Crippen molar-refractivity contribution < 1.29 is 22.5 Å². The lowest BCUT2D eigenvalue weighted by molar-refractivity contribution is -0.118. The van der Waals surface area contributed by atoms with Crippen LogP contribution in [0.25, 0.3) is 0 Å². The van der Waals surface area contributed by atoms with Crippen molar-refractivity contribution >= 4 is 21.6 Å². The summed E-state index contributed by atoms with van der Waals surface area (Å²) in [6.07, 6.45) is 1.60. The summed E-state index contributed by atoms with van der Waals surface area (Å²) < 4.78 is 34.1. The lowest BCUT2D eigenvalue weighted by Crippen LogP contribution is -2.44. The summed E-state index contributed by atoms with van der Waals surface area (Å²) in [6, 6.07) is 7.49. The van der Waals surface area contributed by atoms with Gasteiger partial charge >= 0.3 is 0 Å². The van der Waals surface area contributed by atoms with Gasteiger partial charge in [0, 0.05) is 6.07 Å². The Morgan fingerprint density at radius 1 is 1.28 bits per heavy atom. The third kappa shape index (κ3) is 3.84. The summed E-state index contributed by atoms with van der Waals surface area (Å²) in [7, 11) is -2.42. The molecule has 1 aromatic carbocycles. The fourth-order valence-corrected chi connectivity index (χ4v) is 3.56. The van der Waals surface area contributed by atoms with Crippen LogP contribution >= 0.6 is 0 Å². The Balaban J connectivity index is 2.23. The quantitative estimate of drug-likeness (QED) is 0.809. The molecule has 1 heterocycles. The van der Waals surface area contributed by atoms with Crippen molar-refractivity contribution in [3.63, 3.8) is 0 Å². The molecule has 25 heavy (non-hydrogen) atoms. The Morgan fingerprint density at radius 3 is 2.48 bits per heavy atom. The van der Waals surface area contributed by atoms with Gasteiger partial charge in [-0.15, -0.1) is 0 Å². The van der Waals surface area contributed by atoms with Crippen LogP contribution in [0.4, 0.5) is 5.88 Å². The fourth-order valence-electron chi connectivity index (χ4n) is 2.18. The fraction of sp³-hybridized carbons (Fsp3) is 0.412. The van der Waals surface area contributed by atoms with E-state index in [1.807, 2.05) is 6.92 Å². The minimum absolute atomic E-state index is 0.0395. The SMILES string of the molecule is CCCc1cc(NC(=O)C(C)(C)S(=O)(=O)c2ccc(OC)cc2)on1. The summed E-state index contributed by atoms with van der Waals surface area (Å²) in [5.41, 5.74) is 0.702. The van der Waals surface area contributed by atoms with Crippen molar-refractivity contribution in [3.8, 4) is 5.75 Å². The summed E-state index contributed by atoms with van der Waals surface area (Å²) in [6.45, 7) is 4.70. The van der Waals surface area contributed by atoms with Crippen molar-refractivity contribution in [2.45, 2.75) is 43.3 Å². The molecular formula is C17H22N2O5S. The molecule has 1 aromatic heterocycles. The summed E-state index contributed by atoms with van der Waals surface area (Å²) in [5, 5.41) is 6.31. The molecule has 0 saturated heterocycles. The number of hydrogen-bond acceptors (Lipinski definition) is 6. The number of nitrogens with zero attached hydrogens (tertiary/aromatic N) is 1. The Bertz CT molecular complexity index is 838. The van der Waals surface area contributed by atoms with E-state index in [0.29, 0.717) is 17.9 Å². The van der Waals surface area contributed by atoms with E-state index in [0.717, 1.165) is 6.42 Å². The van der Waals surface area contributed by atoms with E-state index in [9.17, 15) is 13.2 Å². The Labute approximate surface area is 147 Å². The number of rotatable bonds is 7. The summed E-state index contributed by atoms with van der Waals surface area (Å²) in [5.74, 6) is -0.0275.